The first-order chi connectivity index (χ1) is 12.0. The molecule has 0 unspecified atom stereocenters. The highest BCUT2D eigenvalue weighted by molar-refractivity contribution is 8.00. The van der Waals surface area contributed by atoms with Crippen molar-refractivity contribution in [2.24, 2.45) is 7.05 Å². The molecule has 4 nitrogen and oxygen atoms in total. The molecule has 0 bridgehead atoms. The molecule has 1 atom stereocenters. The number of halogens is 1. The van der Waals surface area contributed by atoms with Crippen LogP contribution in [0.5, 0.6) is 0 Å². The molecule has 0 aliphatic rings. The molecule has 6 heteroatoms. The zero-order valence-electron chi connectivity index (χ0n) is 14.2. The second-order valence-corrected chi connectivity index (χ2v) is 7.12. The Morgan fingerprint density at radius 1 is 1.12 bits per heavy atom. The van der Waals surface area contributed by atoms with Crippen LogP contribution in [0.3, 0.4) is 0 Å². The van der Waals surface area contributed by atoms with Gasteiger partial charge in [-0.3, -0.25) is 4.79 Å². The van der Waals surface area contributed by atoms with Gasteiger partial charge in [-0.15, -0.1) is 10.2 Å². The molecule has 0 radical (unpaired) electrons. The van der Waals surface area contributed by atoms with Gasteiger partial charge in [0.1, 0.15) is 5.82 Å². The number of carbonyl (C=O) groups is 1. The number of Topliss-reactive ketones (excluding diaryl/α,β-unsaturated/α-hetero) is 1. The number of ketones is 1. The highest BCUT2D eigenvalue weighted by Gasteiger charge is 2.21. The lowest BCUT2D eigenvalue weighted by molar-refractivity contribution is 0.0994. The monoisotopic (exact) mass is 355 g/mol. The molecular formula is C19H18FN3OS. The fourth-order valence-corrected chi connectivity index (χ4v) is 3.43. The van der Waals surface area contributed by atoms with Crippen LogP contribution in [0.2, 0.25) is 0 Å². The van der Waals surface area contributed by atoms with Crippen LogP contribution in [0.1, 0.15) is 22.8 Å². The van der Waals surface area contributed by atoms with Crippen molar-refractivity contribution in [1.29, 1.82) is 0 Å². The molecule has 0 saturated carbocycles. The van der Waals surface area contributed by atoms with E-state index in [0.29, 0.717) is 10.7 Å². The van der Waals surface area contributed by atoms with E-state index in [4.69, 9.17) is 0 Å². The van der Waals surface area contributed by atoms with E-state index in [-0.39, 0.29) is 16.9 Å². The van der Waals surface area contributed by atoms with Crippen LogP contribution < -0.4 is 0 Å². The van der Waals surface area contributed by atoms with Gasteiger partial charge in [-0.1, -0.05) is 36.0 Å². The van der Waals surface area contributed by atoms with Crippen LogP contribution >= 0.6 is 11.8 Å². The van der Waals surface area contributed by atoms with E-state index in [0.717, 1.165) is 17.0 Å². The Labute approximate surface area is 150 Å². The fourth-order valence-electron chi connectivity index (χ4n) is 2.54. The second-order valence-electron chi connectivity index (χ2n) is 5.81. The smallest absolute Gasteiger partial charge is 0.191 e. The lowest BCUT2D eigenvalue weighted by Gasteiger charge is -2.10. The zero-order chi connectivity index (χ0) is 18.0. The van der Waals surface area contributed by atoms with Crippen molar-refractivity contribution in [3.63, 3.8) is 0 Å². The van der Waals surface area contributed by atoms with Gasteiger partial charge < -0.3 is 4.57 Å². The van der Waals surface area contributed by atoms with Crippen molar-refractivity contribution < 1.29 is 9.18 Å². The zero-order valence-corrected chi connectivity index (χ0v) is 15.0. The molecule has 0 saturated heterocycles. The molecule has 25 heavy (non-hydrogen) atoms. The molecule has 0 amide bonds. The molecule has 0 spiro atoms. The SMILES string of the molecule is Cc1ccccc1-c1nnc(S[C@@H](C)C(=O)c2ccc(F)cc2)n1C. The Morgan fingerprint density at radius 3 is 2.48 bits per heavy atom. The molecule has 3 rings (SSSR count). The first kappa shape index (κ1) is 17.4. The average Bonchev–Trinajstić information content (AvgIpc) is 2.96. The van der Waals surface area contributed by atoms with E-state index < -0.39 is 0 Å². The van der Waals surface area contributed by atoms with Crippen LogP contribution in [0.25, 0.3) is 11.4 Å². The van der Waals surface area contributed by atoms with Gasteiger partial charge in [0, 0.05) is 18.2 Å². The topological polar surface area (TPSA) is 47.8 Å². The van der Waals surface area contributed by atoms with Gasteiger partial charge in [0.05, 0.1) is 5.25 Å². The standard InChI is InChI=1S/C19H18FN3OS/c1-12-6-4-5-7-16(12)18-21-22-19(23(18)3)25-13(2)17(24)14-8-10-15(20)11-9-14/h4-11,13H,1-3H3/t13-/m0/s1. The van der Waals surface area contributed by atoms with E-state index in [1.54, 1.807) is 0 Å². The van der Waals surface area contributed by atoms with Crippen molar-refractivity contribution in [2.45, 2.75) is 24.3 Å². The summed E-state index contributed by atoms with van der Waals surface area (Å²) >= 11 is 1.34. The summed E-state index contributed by atoms with van der Waals surface area (Å²) in [5, 5.41) is 8.82. The number of hydrogen-bond acceptors (Lipinski definition) is 4. The minimum atomic E-state index is -0.354. The molecule has 128 valence electrons. The summed E-state index contributed by atoms with van der Waals surface area (Å²) in [7, 11) is 1.89. The number of thioether (sulfide) groups is 1. The third kappa shape index (κ3) is 3.64. The Morgan fingerprint density at radius 2 is 1.80 bits per heavy atom. The van der Waals surface area contributed by atoms with Crippen molar-refractivity contribution in [1.82, 2.24) is 14.8 Å². The van der Waals surface area contributed by atoms with Crippen molar-refractivity contribution in [3.8, 4) is 11.4 Å². The number of aromatic nitrogens is 3. The van der Waals surface area contributed by atoms with Crippen molar-refractivity contribution in [3.05, 3.63) is 65.5 Å². The number of carbonyl (C=O) groups excluding carboxylic acids is 1. The molecule has 0 aliphatic heterocycles. The first-order valence-corrected chi connectivity index (χ1v) is 8.77. The Hall–Kier alpha value is -2.47. The van der Waals surface area contributed by atoms with Gasteiger partial charge in [0.2, 0.25) is 0 Å². The molecule has 1 aromatic heterocycles. The van der Waals surface area contributed by atoms with E-state index in [9.17, 15) is 9.18 Å². The number of nitrogens with zero attached hydrogens (tertiary/aromatic N) is 3. The van der Waals surface area contributed by atoms with Crippen molar-refractivity contribution in [2.75, 3.05) is 0 Å². The average molecular weight is 355 g/mol. The van der Waals surface area contributed by atoms with Crippen LogP contribution in [-0.2, 0) is 7.05 Å². The molecule has 0 N–H and O–H groups in total. The maximum Gasteiger partial charge on any atom is 0.191 e. The van der Waals surface area contributed by atoms with Crippen LogP contribution in [0.4, 0.5) is 4.39 Å². The summed E-state index contributed by atoms with van der Waals surface area (Å²) < 4.78 is 14.9. The summed E-state index contributed by atoms with van der Waals surface area (Å²) in [4.78, 5) is 12.5. The van der Waals surface area contributed by atoms with Gasteiger partial charge in [-0.2, -0.15) is 0 Å². The van der Waals surface area contributed by atoms with Gasteiger partial charge in [0.15, 0.2) is 16.8 Å². The van der Waals surface area contributed by atoms with Gasteiger partial charge in [0.25, 0.3) is 0 Å². The Kier molecular flexibility index (Phi) is 4.99. The lowest BCUT2D eigenvalue weighted by Crippen LogP contribution is -2.14. The third-order valence-electron chi connectivity index (χ3n) is 4.00. The molecule has 2 aromatic carbocycles. The molecule has 3 aromatic rings. The maximum absolute atomic E-state index is 13.0. The summed E-state index contributed by atoms with van der Waals surface area (Å²) in [5.41, 5.74) is 2.62. The van der Waals surface area contributed by atoms with Gasteiger partial charge >= 0.3 is 0 Å². The highest BCUT2D eigenvalue weighted by Crippen LogP contribution is 2.28. The predicted octanol–water partition coefficient (Wildman–Crippen LogP) is 4.29. The largest absolute Gasteiger partial charge is 0.305 e. The predicted molar refractivity (Wildman–Crippen MR) is 97.2 cm³/mol. The minimum absolute atomic E-state index is 0.0644. The molecule has 0 aliphatic carbocycles. The van der Waals surface area contributed by atoms with E-state index >= 15 is 0 Å². The van der Waals surface area contributed by atoms with Gasteiger partial charge in [-0.25, -0.2) is 4.39 Å². The number of benzene rings is 2. The molecule has 0 fully saturated rings. The van der Waals surface area contributed by atoms with E-state index in [2.05, 4.69) is 10.2 Å². The minimum Gasteiger partial charge on any atom is -0.305 e. The Bertz CT molecular complexity index is 905. The van der Waals surface area contributed by atoms with Crippen LogP contribution in [0.15, 0.2) is 53.7 Å². The molecule has 1 heterocycles. The number of aryl methyl sites for hydroxylation is 1. The molecular weight excluding hydrogens is 337 g/mol. The van der Waals surface area contributed by atoms with Crippen LogP contribution in [0, 0.1) is 12.7 Å². The fraction of sp³-hybridized carbons (Fsp3) is 0.211. The summed E-state index contributed by atoms with van der Waals surface area (Å²) in [6.45, 7) is 3.84. The van der Waals surface area contributed by atoms with E-state index in [1.165, 1.54) is 36.0 Å². The lowest BCUT2D eigenvalue weighted by atomic mass is 10.1. The van der Waals surface area contributed by atoms with Crippen LogP contribution in [-0.4, -0.2) is 25.8 Å². The summed E-state index contributed by atoms with van der Waals surface area (Å²) in [6, 6.07) is 13.6. The van der Waals surface area contributed by atoms with Crippen molar-refractivity contribution >= 4 is 17.5 Å². The maximum atomic E-state index is 13.0. The Balaban J connectivity index is 1.81. The highest BCUT2D eigenvalue weighted by atomic mass is 32.2. The summed E-state index contributed by atoms with van der Waals surface area (Å²) in [6.07, 6.45) is 0. The normalized spacial score (nSPS) is 12.2. The van der Waals surface area contributed by atoms with E-state index in [1.807, 2.05) is 49.7 Å². The summed E-state index contributed by atoms with van der Waals surface area (Å²) in [5.74, 6) is 0.348. The second kappa shape index (κ2) is 7.19. The number of rotatable bonds is 5. The number of hydrogen-bond donors (Lipinski definition) is 0. The third-order valence-corrected chi connectivity index (χ3v) is 5.13. The quantitative estimate of drug-likeness (QED) is 0.506. The first-order valence-electron chi connectivity index (χ1n) is 7.89. The van der Waals surface area contributed by atoms with Gasteiger partial charge in [-0.05, 0) is 43.7 Å².